The van der Waals surface area contributed by atoms with Crippen molar-refractivity contribution in [2.75, 3.05) is 19.7 Å². The fraction of sp³-hybridized carbons (Fsp3) is 0.636. The fourth-order valence-corrected chi connectivity index (χ4v) is 5.84. The number of nitrogens with two attached hydrogens (primary N) is 1. The number of carbonyl (C=O) groups is 2. The molecule has 1 aromatic carbocycles. The first-order valence-electron chi connectivity index (χ1n) is 10.2. The van der Waals surface area contributed by atoms with Crippen molar-refractivity contribution in [2.45, 2.75) is 44.4 Å². The first-order valence-corrected chi connectivity index (χ1v) is 10.2. The maximum absolute atomic E-state index is 13.1. The Morgan fingerprint density at radius 1 is 1.30 bits per heavy atom. The Bertz CT molecular complexity index is 822. The number of ether oxygens (including phenoxy) is 1. The molecule has 5 nitrogen and oxygen atoms in total. The number of carbonyl (C=O) groups excluding carboxylic acids is 2. The van der Waals surface area contributed by atoms with Crippen molar-refractivity contribution < 1.29 is 14.3 Å². The highest BCUT2D eigenvalue weighted by molar-refractivity contribution is 5.82. The second-order valence-electron chi connectivity index (χ2n) is 9.65. The van der Waals surface area contributed by atoms with Crippen molar-refractivity contribution in [3.63, 3.8) is 0 Å². The molecule has 5 heteroatoms. The van der Waals surface area contributed by atoms with Gasteiger partial charge in [0, 0.05) is 29.8 Å². The summed E-state index contributed by atoms with van der Waals surface area (Å²) in [5.74, 6) is 1.97. The van der Waals surface area contributed by atoms with Crippen LogP contribution < -0.4 is 5.73 Å². The highest BCUT2D eigenvalue weighted by atomic mass is 16.5. The smallest absolute Gasteiger partial charge is 0.404 e. The molecule has 3 aliphatic carbocycles. The van der Waals surface area contributed by atoms with Crippen LogP contribution in [0.5, 0.6) is 0 Å². The van der Waals surface area contributed by atoms with Crippen LogP contribution in [0.25, 0.3) is 0 Å². The number of rotatable bonds is 5. The summed E-state index contributed by atoms with van der Waals surface area (Å²) in [6, 6.07) is 8.98. The Labute approximate surface area is 160 Å². The van der Waals surface area contributed by atoms with E-state index < -0.39 is 6.09 Å². The van der Waals surface area contributed by atoms with Gasteiger partial charge in [-0.25, -0.2) is 4.79 Å². The van der Waals surface area contributed by atoms with Crippen LogP contribution in [0.3, 0.4) is 0 Å². The van der Waals surface area contributed by atoms with Crippen molar-refractivity contribution in [1.82, 2.24) is 4.90 Å². The molecule has 5 rings (SSSR count). The molecule has 5 atom stereocenters. The zero-order valence-electron chi connectivity index (χ0n) is 16.1. The van der Waals surface area contributed by atoms with Gasteiger partial charge in [-0.1, -0.05) is 38.1 Å². The van der Waals surface area contributed by atoms with E-state index >= 15 is 0 Å². The monoisotopic (exact) mass is 368 g/mol. The minimum absolute atomic E-state index is 0.0568. The lowest BCUT2D eigenvalue weighted by atomic mass is 9.74. The Hall–Kier alpha value is -2.04. The van der Waals surface area contributed by atoms with Crippen molar-refractivity contribution in [3.8, 4) is 0 Å². The molecule has 2 amide bonds. The van der Waals surface area contributed by atoms with Gasteiger partial charge in [0.05, 0.1) is 6.61 Å². The Morgan fingerprint density at radius 3 is 2.81 bits per heavy atom. The van der Waals surface area contributed by atoms with Crippen LogP contribution in [0.1, 0.15) is 50.2 Å². The van der Waals surface area contributed by atoms with Gasteiger partial charge in [-0.15, -0.1) is 0 Å². The quantitative estimate of drug-likeness (QED) is 0.868. The summed E-state index contributed by atoms with van der Waals surface area (Å²) >= 11 is 0. The van der Waals surface area contributed by atoms with Crippen molar-refractivity contribution in [1.29, 1.82) is 0 Å². The third kappa shape index (κ3) is 2.50. The molecule has 0 aromatic heterocycles. The van der Waals surface area contributed by atoms with Gasteiger partial charge >= 0.3 is 6.09 Å². The predicted molar refractivity (Wildman–Crippen MR) is 101 cm³/mol. The summed E-state index contributed by atoms with van der Waals surface area (Å²) < 4.78 is 4.99. The summed E-state index contributed by atoms with van der Waals surface area (Å²) in [5.41, 5.74) is 8.12. The number of primary amides is 1. The zero-order chi connectivity index (χ0) is 19.0. The van der Waals surface area contributed by atoms with Gasteiger partial charge in [-0.2, -0.15) is 0 Å². The Balaban J connectivity index is 1.23. The normalized spacial score (nSPS) is 38.0. The lowest BCUT2D eigenvalue weighted by Crippen LogP contribution is -2.44. The number of likely N-dealkylation sites (tertiary alicyclic amines) is 1. The second-order valence-corrected chi connectivity index (χ2v) is 9.65. The number of amides is 2. The largest absolute Gasteiger partial charge is 0.449 e. The van der Waals surface area contributed by atoms with E-state index in [-0.39, 0.29) is 16.7 Å². The number of benzene rings is 1. The number of hydrogen-bond donors (Lipinski definition) is 1. The maximum Gasteiger partial charge on any atom is 0.404 e. The van der Waals surface area contributed by atoms with E-state index in [0.29, 0.717) is 30.3 Å². The molecule has 1 aromatic rings. The van der Waals surface area contributed by atoms with E-state index in [9.17, 15) is 9.59 Å². The third-order valence-electron chi connectivity index (χ3n) is 7.77. The molecule has 1 unspecified atom stereocenters. The molecule has 1 aliphatic heterocycles. The second kappa shape index (κ2) is 5.49. The van der Waals surface area contributed by atoms with Crippen LogP contribution in [-0.4, -0.2) is 36.6 Å². The Kier molecular flexibility index (Phi) is 3.47. The standard InChI is InChI=1S/C22H28N2O3/c1-13(2)14-4-3-5-15(6-14)22-7-16(22)10-24(11-22)19(25)17-8-21(9-18(17)21)12-27-20(23)26/h3-6,13,16-18H,7-12H2,1-2H3,(H2,23,26)/t16-,17-,18?,21-,22+/m1/s1. The van der Waals surface area contributed by atoms with Gasteiger partial charge in [0.2, 0.25) is 5.91 Å². The molecule has 0 radical (unpaired) electrons. The zero-order valence-corrected chi connectivity index (χ0v) is 16.1. The van der Waals surface area contributed by atoms with E-state index in [0.717, 1.165) is 25.9 Å². The highest BCUT2D eigenvalue weighted by Gasteiger charge is 2.71. The van der Waals surface area contributed by atoms with Crippen molar-refractivity contribution >= 4 is 12.0 Å². The first kappa shape index (κ1) is 17.1. The van der Waals surface area contributed by atoms with E-state index in [1.54, 1.807) is 0 Å². The SMILES string of the molecule is CC(C)c1cccc([C@@]23C[C@@H]2CN(C(=O)[C@@H]2C[C@]4(COC(N)=O)CC24)C3)c1. The molecule has 144 valence electrons. The summed E-state index contributed by atoms with van der Waals surface area (Å²) in [4.78, 5) is 26.0. The van der Waals surface area contributed by atoms with Gasteiger partial charge in [-0.05, 0) is 48.1 Å². The highest BCUT2D eigenvalue weighted by Crippen LogP contribution is 2.71. The topological polar surface area (TPSA) is 72.6 Å². The van der Waals surface area contributed by atoms with Gasteiger partial charge in [0.25, 0.3) is 0 Å². The maximum atomic E-state index is 13.1. The van der Waals surface area contributed by atoms with E-state index in [1.165, 1.54) is 17.5 Å². The van der Waals surface area contributed by atoms with Gasteiger partial charge in [0.1, 0.15) is 0 Å². The van der Waals surface area contributed by atoms with E-state index in [4.69, 9.17) is 10.5 Å². The van der Waals surface area contributed by atoms with Gasteiger partial charge in [0.15, 0.2) is 0 Å². The summed E-state index contributed by atoms with van der Waals surface area (Å²) in [5, 5.41) is 0. The molecule has 0 spiro atoms. The van der Waals surface area contributed by atoms with E-state index in [2.05, 4.69) is 43.0 Å². The third-order valence-corrected chi connectivity index (χ3v) is 7.77. The average molecular weight is 368 g/mol. The number of nitrogens with zero attached hydrogens (tertiary/aromatic N) is 1. The molecule has 0 bridgehead atoms. The number of hydrogen-bond acceptors (Lipinski definition) is 3. The summed E-state index contributed by atoms with van der Waals surface area (Å²) in [7, 11) is 0. The van der Waals surface area contributed by atoms with Gasteiger partial charge < -0.3 is 15.4 Å². The minimum atomic E-state index is -0.713. The van der Waals surface area contributed by atoms with Crippen LogP contribution >= 0.6 is 0 Å². The molecule has 1 heterocycles. The number of fused-ring (bicyclic) bond motifs is 2. The van der Waals surface area contributed by atoms with Crippen LogP contribution in [0.2, 0.25) is 0 Å². The minimum Gasteiger partial charge on any atom is -0.449 e. The molecular formula is C22H28N2O3. The van der Waals surface area contributed by atoms with Crippen LogP contribution in [-0.2, 0) is 14.9 Å². The molecular weight excluding hydrogens is 340 g/mol. The van der Waals surface area contributed by atoms with Crippen molar-refractivity contribution in [3.05, 3.63) is 35.4 Å². The summed E-state index contributed by atoms with van der Waals surface area (Å²) in [6.45, 7) is 6.61. The van der Waals surface area contributed by atoms with Crippen LogP contribution in [0.4, 0.5) is 4.79 Å². The summed E-state index contributed by atoms with van der Waals surface area (Å²) in [6.07, 6.45) is 2.34. The van der Waals surface area contributed by atoms with Gasteiger partial charge in [-0.3, -0.25) is 4.79 Å². The molecule has 2 N–H and O–H groups in total. The molecule has 4 fully saturated rings. The van der Waals surface area contributed by atoms with Crippen molar-refractivity contribution in [2.24, 2.45) is 28.9 Å². The fourth-order valence-electron chi connectivity index (χ4n) is 5.84. The van der Waals surface area contributed by atoms with E-state index in [1.807, 2.05) is 0 Å². The lowest BCUT2D eigenvalue weighted by Gasteiger charge is -2.36. The average Bonchev–Trinajstić information content (AvgIpc) is 3.43. The first-order chi connectivity index (χ1) is 12.8. The predicted octanol–water partition coefficient (Wildman–Crippen LogP) is 3.03. The number of piperidine rings is 1. The van der Waals surface area contributed by atoms with Crippen LogP contribution in [0, 0.1) is 23.2 Å². The molecule has 3 saturated carbocycles. The van der Waals surface area contributed by atoms with Crippen LogP contribution in [0.15, 0.2) is 24.3 Å². The Morgan fingerprint density at radius 2 is 2.11 bits per heavy atom. The lowest BCUT2D eigenvalue weighted by molar-refractivity contribution is -0.140. The molecule has 1 saturated heterocycles. The molecule has 4 aliphatic rings. The molecule has 27 heavy (non-hydrogen) atoms.